The summed E-state index contributed by atoms with van der Waals surface area (Å²) in [6.45, 7) is 5.08. The molecular formula is C18H35O6S2-. The molecule has 0 radical (unpaired) electrons. The molecule has 0 amide bonds. The van der Waals surface area contributed by atoms with Crippen LogP contribution in [0.4, 0.5) is 0 Å². The molecule has 1 fully saturated rings. The fourth-order valence-electron chi connectivity index (χ4n) is 2.82. The van der Waals surface area contributed by atoms with Crippen LogP contribution in [0.2, 0.25) is 0 Å². The van der Waals surface area contributed by atoms with Crippen molar-refractivity contribution in [3.05, 3.63) is 0 Å². The van der Waals surface area contributed by atoms with E-state index in [9.17, 15) is 13.0 Å². The quantitative estimate of drug-likeness (QED) is 0.283. The van der Waals surface area contributed by atoms with Crippen molar-refractivity contribution in [2.24, 2.45) is 0 Å². The van der Waals surface area contributed by atoms with E-state index in [1.165, 1.54) is 44.9 Å². The summed E-state index contributed by atoms with van der Waals surface area (Å²) < 4.78 is 48.6. The normalized spacial score (nSPS) is 23.6. The molecule has 6 nitrogen and oxygen atoms in total. The summed E-state index contributed by atoms with van der Waals surface area (Å²) in [6.07, 6.45) is 9.55. The molecule has 0 N–H and O–H groups in total. The van der Waals surface area contributed by atoms with Crippen LogP contribution in [0, 0.1) is 0 Å². The standard InChI is InChI=1S/C18H36O6S2/c1-3-4-5-6-7-8-9-12-25-15-17-14-23-18(2,24-17)16-22-11-10-13-26(19,20)21/h17H,3-16H2,1-2H3,(H,19,20,21)/p-1. The molecule has 0 saturated carbocycles. The largest absolute Gasteiger partial charge is 0.748 e. The highest BCUT2D eigenvalue weighted by atomic mass is 32.2. The number of ether oxygens (including phenoxy) is 3. The van der Waals surface area contributed by atoms with E-state index >= 15 is 0 Å². The van der Waals surface area contributed by atoms with Crippen molar-refractivity contribution in [1.82, 2.24) is 0 Å². The first-order valence-corrected chi connectivity index (χ1v) is 12.5. The van der Waals surface area contributed by atoms with Gasteiger partial charge in [-0.05, 0) is 25.5 Å². The average molecular weight is 412 g/mol. The Morgan fingerprint density at radius 1 is 1.15 bits per heavy atom. The van der Waals surface area contributed by atoms with E-state index in [4.69, 9.17) is 14.2 Å². The van der Waals surface area contributed by atoms with Crippen LogP contribution >= 0.6 is 11.8 Å². The van der Waals surface area contributed by atoms with Crippen LogP contribution in [0.25, 0.3) is 0 Å². The maximum atomic E-state index is 10.5. The Bertz CT molecular complexity index is 457. The summed E-state index contributed by atoms with van der Waals surface area (Å²) in [5, 5.41) is 0. The Morgan fingerprint density at radius 3 is 2.54 bits per heavy atom. The summed E-state index contributed by atoms with van der Waals surface area (Å²) >= 11 is 1.91. The molecule has 0 aromatic heterocycles. The van der Waals surface area contributed by atoms with Gasteiger partial charge < -0.3 is 18.8 Å². The lowest BCUT2D eigenvalue weighted by Gasteiger charge is -2.23. The van der Waals surface area contributed by atoms with E-state index in [0.717, 1.165) is 11.5 Å². The summed E-state index contributed by atoms with van der Waals surface area (Å²) in [4.78, 5) is 0. The maximum absolute atomic E-state index is 10.5. The highest BCUT2D eigenvalue weighted by Crippen LogP contribution is 2.26. The van der Waals surface area contributed by atoms with Gasteiger partial charge in [0.15, 0.2) is 5.79 Å². The minimum Gasteiger partial charge on any atom is -0.748 e. The van der Waals surface area contributed by atoms with Gasteiger partial charge in [-0.1, -0.05) is 45.4 Å². The summed E-state index contributed by atoms with van der Waals surface area (Å²) in [7, 11) is -4.17. The van der Waals surface area contributed by atoms with Gasteiger partial charge in [0.25, 0.3) is 0 Å². The van der Waals surface area contributed by atoms with E-state index in [2.05, 4.69) is 6.92 Å². The van der Waals surface area contributed by atoms with E-state index < -0.39 is 21.7 Å². The topological polar surface area (TPSA) is 84.9 Å². The van der Waals surface area contributed by atoms with Crippen molar-refractivity contribution in [2.45, 2.75) is 77.1 Å². The van der Waals surface area contributed by atoms with Crippen LogP contribution in [0.5, 0.6) is 0 Å². The van der Waals surface area contributed by atoms with E-state index in [-0.39, 0.29) is 25.7 Å². The number of unbranched alkanes of at least 4 members (excludes halogenated alkanes) is 6. The predicted molar refractivity (Wildman–Crippen MR) is 105 cm³/mol. The lowest BCUT2D eigenvalue weighted by molar-refractivity contribution is -0.187. The SMILES string of the molecule is CCCCCCCCCSCC1COC(C)(COCCCS(=O)(=O)[O-])O1. The molecule has 1 saturated heterocycles. The molecule has 2 unspecified atom stereocenters. The second-order valence-corrected chi connectivity index (χ2v) is 9.72. The zero-order chi connectivity index (χ0) is 19.3. The van der Waals surface area contributed by atoms with Gasteiger partial charge in [-0.15, -0.1) is 0 Å². The molecule has 2 atom stereocenters. The number of rotatable bonds is 16. The molecule has 1 aliphatic rings. The van der Waals surface area contributed by atoms with Gasteiger partial charge in [0.1, 0.15) is 6.61 Å². The Hall–Kier alpha value is 0.140. The van der Waals surface area contributed by atoms with Crippen molar-refractivity contribution in [2.75, 3.05) is 37.1 Å². The molecule has 0 aromatic rings. The van der Waals surface area contributed by atoms with E-state index in [1.54, 1.807) is 0 Å². The molecule has 156 valence electrons. The van der Waals surface area contributed by atoms with Crippen LogP contribution in [0.1, 0.15) is 65.2 Å². The third-order valence-corrected chi connectivity index (χ3v) is 6.21. The summed E-state index contributed by atoms with van der Waals surface area (Å²) in [6, 6.07) is 0. The Kier molecular flexibility index (Phi) is 12.4. The lowest BCUT2D eigenvalue weighted by Crippen LogP contribution is -2.33. The Balaban J connectivity index is 1.99. The van der Waals surface area contributed by atoms with Gasteiger partial charge in [-0.25, -0.2) is 8.42 Å². The maximum Gasteiger partial charge on any atom is 0.189 e. The molecule has 8 heteroatoms. The minimum absolute atomic E-state index is 0.0696. The van der Waals surface area contributed by atoms with Crippen LogP contribution in [-0.2, 0) is 24.3 Å². The third-order valence-electron chi connectivity index (χ3n) is 4.23. The lowest BCUT2D eigenvalue weighted by atomic mass is 10.1. The van der Waals surface area contributed by atoms with E-state index in [1.807, 2.05) is 18.7 Å². The fraction of sp³-hybridized carbons (Fsp3) is 1.00. The smallest absolute Gasteiger partial charge is 0.189 e. The van der Waals surface area contributed by atoms with Crippen molar-refractivity contribution in [3.63, 3.8) is 0 Å². The molecule has 0 spiro atoms. The highest BCUT2D eigenvalue weighted by molar-refractivity contribution is 7.99. The molecule has 0 aromatic carbocycles. The minimum atomic E-state index is -4.17. The fourth-order valence-corrected chi connectivity index (χ4v) is 4.29. The molecule has 1 rings (SSSR count). The first kappa shape index (κ1) is 24.2. The average Bonchev–Trinajstić information content (AvgIpc) is 2.93. The van der Waals surface area contributed by atoms with Gasteiger partial charge in [-0.3, -0.25) is 0 Å². The van der Waals surface area contributed by atoms with Gasteiger partial charge >= 0.3 is 0 Å². The van der Waals surface area contributed by atoms with Gasteiger partial charge in [0.05, 0.1) is 22.8 Å². The monoisotopic (exact) mass is 411 g/mol. The highest BCUT2D eigenvalue weighted by Gasteiger charge is 2.37. The number of hydrogen-bond donors (Lipinski definition) is 0. The number of hydrogen-bond acceptors (Lipinski definition) is 7. The van der Waals surface area contributed by atoms with Crippen LogP contribution < -0.4 is 0 Å². The van der Waals surface area contributed by atoms with Crippen molar-refractivity contribution in [1.29, 1.82) is 0 Å². The van der Waals surface area contributed by atoms with Crippen LogP contribution in [0.3, 0.4) is 0 Å². The Labute approximate surface area is 163 Å². The van der Waals surface area contributed by atoms with Crippen molar-refractivity contribution in [3.8, 4) is 0 Å². The molecule has 26 heavy (non-hydrogen) atoms. The van der Waals surface area contributed by atoms with Gasteiger partial charge in [0.2, 0.25) is 0 Å². The van der Waals surface area contributed by atoms with Crippen molar-refractivity contribution >= 4 is 21.9 Å². The zero-order valence-electron chi connectivity index (χ0n) is 16.2. The Morgan fingerprint density at radius 2 is 1.85 bits per heavy atom. The molecular weight excluding hydrogens is 376 g/mol. The first-order valence-electron chi connectivity index (χ1n) is 9.75. The molecule has 1 aliphatic heterocycles. The van der Waals surface area contributed by atoms with Gasteiger partial charge in [0, 0.05) is 18.1 Å². The zero-order valence-corrected chi connectivity index (χ0v) is 17.9. The summed E-state index contributed by atoms with van der Waals surface area (Å²) in [5.74, 6) is 0.897. The summed E-state index contributed by atoms with van der Waals surface area (Å²) in [5.41, 5.74) is 0. The number of thioether (sulfide) groups is 1. The second-order valence-electron chi connectivity index (χ2n) is 7.05. The molecule has 0 bridgehead atoms. The van der Waals surface area contributed by atoms with Crippen LogP contribution in [0.15, 0.2) is 0 Å². The van der Waals surface area contributed by atoms with Crippen molar-refractivity contribution < 1.29 is 27.2 Å². The van der Waals surface area contributed by atoms with Gasteiger partial charge in [-0.2, -0.15) is 11.8 Å². The van der Waals surface area contributed by atoms with E-state index in [0.29, 0.717) is 6.61 Å². The van der Waals surface area contributed by atoms with Crippen LogP contribution in [-0.4, -0.2) is 61.9 Å². The second kappa shape index (κ2) is 13.3. The molecule has 1 heterocycles. The first-order chi connectivity index (χ1) is 12.3. The predicted octanol–water partition coefficient (Wildman–Crippen LogP) is 3.55. The third kappa shape index (κ3) is 12.5. The molecule has 0 aliphatic carbocycles.